The van der Waals surface area contributed by atoms with E-state index in [2.05, 4.69) is 10.4 Å². The maximum atomic E-state index is 13.7. The summed E-state index contributed by atoms with van der Waals surface area (Å²) < 4.78 is 15.4. The van der Waals surface area contributed by atoms with E-state index < -0.39 is 6.10 Å². The summed E-state index contributed by atoms with van der Waals surface area (Å²) in [7, 11) is 0. The Morgan fingerprint density at radius 1 is 1.10 bits per heavy atom. The average Bonchev–Trinajstić information content (AvgIpc) is 3.37. The molecule has 1 atom stereocenters. The van der Waals surface area contributed by atoms with E-state index in [9.17, 15) is 14.6 Å². The smallest absolute Gasteiger partial charge is 0.158 e. The Morgan fingerprint density at radius 3 is 2.80 bits per heavy atom. The number of aliphatic hydroxyl groups is 1. The largest absolute Gasteiger partial charge is 0.508 e. The fourth-order valence-corrected chi connectivity index (χ4v) is 4.00. The molecule has 0 spiro atoms. The third kappa shape index (κ3) is 3.37. The zero-order valence-electron chi connectivity index (χ0n) is 16.2. The average molecular weight is 404 g/mol. The van der Waals surface area contributed by atoms with Gasteiger partial charge in [-0.05, 0) is 49.1 Å². The van der Waals surface area contributed by atoms with E-state index in [0.29, 0.717) is 22.5 Å². The predicted molar refractivity (Wildman–Crippen MR) is 112 cm³/mol. The number of aromatic hydroxyl groups is 1. The molecule has 2 aromatic heterocycles. The molecule has 0 bridgehead atoms. The molecule has 4 aromatic rings. The number of aromatic nitrogens is 3. The lowest BCUT2D eigenvalue weighted by atomic mass is 10.1. The lowest BCUT2D eigenvalue weighted by Crippen LogP contribution is -2.16. The molecule has 3 N–H and O–H groups in total. The van der Waals surface area contributed by atoms with Gasteiger partial charge in [-0.15, -0.1) is 0 Å². The molecule has 0 radical (unpaired) electrons. The van der Waals surface area contributed by atoms with Crippen LogP contribution < -0.4 is 5.32 Å². The molecule has 0 unspecified atom stereocenters. The van der Waals surface area contributed by atoms with Crippen LogP contribution in [-0.2, 0) is 12.8 Å². The number of aliphatic hydroxyl groups excluding tert-OH is 1. The normalized spacial score (nSPS) is 14.1. The Morgan fingerprint density at radius 2 is 1.97 bits per heavy atom. The maximum absolute atomic E-state index is 13.7. The van der Waals surface area contributed by atoms with Crippen molar-refractivity contribution in [2.45, 2.75) is 25.4 Å². The van der Waals surface area contributed by atoms with Gasteiger partial charge in [-0.2, -0.15) is 9.61 Å². The van der Waals surface area contributed by atoms with Crippen molar-refractivity contribution in [2.24, 2.45) is 0 Å². The van der Waals surface area contributed by atoms with Crippen molar-refractivity contribution in [2.75, 3.05) is 11.9 Å². The number of phenols is 1. The second kappa shape index (κ2) is 7.42. The number of hydrogen-bond donors (Lipinski definition) is 3. The third-order valence-corrected chi connectivity index (χ3v) is 5.46. The second-order valence-electron chi connectivity index (χ2n) is 7.54. The lowest BCUT2D eigenvalue weighted by molar-refractivity contribution is 0.191. The molecule has 1 aliphatic rings. The maximum Gasteiger partial charge on any atom is 0.158 e. The molecule has 0 fully saturated rings. The zero-order chi connectivity index (χ0) is 20.7. The van der Waals surface area contributed by atoms with Crippen LogP contribution in [0.1, 0.15) is 29.3 Å². The summed E-state index contributed by atoms with van der Waals surface area (Å²) in [4.78, 5) is 4.75. The van der Waals surface area contributed by atoms with Gasteiger partial charge in [-0.25, -0.2) is 9.37 Å². The van der Waals surface area contributed by atoms with Gasteiger partial charge in [0.1, 0.15) is 17.4 Å². The van der Waals surface area contributed by atoms with E-state index in [-0.39, 0.29) is 18.1 Å². The molecule has 30 heavy (non-hydrogen) atoms. The number of hydrogen-bond acceptors (Lipinski definition) is 5. The van der Waals surface area contributed by atoms with E-state index in [0.717, 1.165) is 36.3 Å². The van der Waals surface area contributed by atoms with E-state index in [1.54, 1.807) is 34.8 Å². The summed E-state index contributed by atoms with van der Waals surface area (Å²) in [5.41, 5.74) is 4.77. The monoisotopic (exact) mass is 404 g/mol. The highest BCUT2D eigenvalue weighted by molar-refractivity contribution is 5.67. The molecule has 0 saturated carbocycles. The first kappa shape index (κ1) is 18.6. The molecule has 152 valence electrons. The topological polar surface area (TPSA) is 82.7 Å². The fraction of sp³-hybridized carbons (Fsp3) is 0.217. The Balaban J connectivity index is 1.51. The molecular weight excluding hydrogens is 383 g/mol. The number of aryl methyl sites for hydroxylation is 1. The van der Waals surface area contributed by atoms with Gasteiger partial charge in [0.15, 0.2) is 5.65 Å². The minimum atomic E-state index is -0.796. The van der Waals surface area contributed by atoms with Crippen LogP contribution in [0, 0.1) is 5.82 Å². The molecule has 0 saturated heterocycles. The van der Waals surface area contributed by atoms with E-state index in [1.807, 2.05) is 12.1 Å². The Bertz CT molecular complexity index is 1240. The lowest BCUT2D eigenvalue weighted by Gasteiger charge is -2.16. The highest BCUT2D eigenvalue weighted by atomic mass is 19.1. The SMILES string of the molecule is Oc1cccc([C@H](O)CNc2c3c(nc4cc(-c5cccc(F)c5)nn24)CCC3)c1. The van der Waals surface area contributed by atoms with E-state index in [4.69, 9.17) is 4.98 Å². The highest BCUT2D eigenvalue weighted by Crippen LogP contribution is 2.31. The fourth-order valence-electron chi connectivity index (χ4n) is 4.00. The summed E-state index contributed by atoms with van der Waals surface area (Å²) in [6.07, 6.45) is 2.01. The zero-order valence-corrected chi connectivity index (χ0v) is 16.2. The minimum Gasteiger partial charge on any atom is -0.508 e. The van der Waals surface area contributed by atoms with E-state index >= 15 is 0 Å². The van der Waals surface area contributed by atoms with E-state index in [1.165, 1.54) is 12.1 Å². The summed E-state index contributed by atoms with van der Waals surface area (Å²) in [6, 6.07) is 14.8. The molecule has 1 aliphatic carbocycles. The number of nitrogens with one attached hydrogen (secondary N) is 1. The quantitative estimate of drug-likeness (QED) is 0.470. The summed E-state index contributed by atoms with van der Waals surface area (Å²) in [5.74, 6) is 0.604. The molecule has 5 rings (SSSR count). The molecule has 2 aromatic carbocycles. The third-order valence-electron chi connectivity index (χ3n) is 5.46. The predicted octanol–water partition coefficient (Wildman–Crippen LogP) is 3.88. The van der Waals surface area contributed by atoms with Gasteiger partial charge in [0.05, 0.1) is 11.8 Å². The number of halogens is 1. The molecule has 6 nitrogen and oxygen atoms in total. The Labute approximate surface area is 172 Å². The van der Waals surface area contributed by atoms with Crippen LogP contribution in [0.3, 0.4) is 0 Å². The number of phenolic OH excluding ortho intramolecular Hbond substituents is 1. The molecule has 2 heterocycles. The minimum absolute atomic E-state index is 0.116. The van der Waals surface area contributed by atoms with Gasteiger partial charge >= 0.3 is 0 Å². The van der Waals surface area contributed by atoms with Gasteiger partial charge in [0.25, 0.3) is 0 Å². The van der Waals surface area contributed by atoms with Gasteiger partial charge in [0, 0.05) is 29.4 Å². The highest BCUT2D eigenvalue weighted by Gasteiger charge is 2.22. The number of benzene rings is 2. The molecule has 7 heteroatoms. The first-order chi connectivity index (χ1) is 14.6. The van der Waals surface area contributed by atoms with Crippen LogP contribution in [0.15, 0.2) is 54.6 Å². The van der Waals surface area contributed by atoms with Gasteiger partial charge in [-0.3, -0.25) is 0 Å². The van der Waals surface area contributed by atoms with Crippen LogP contribution in [0.5, 0.6) is 5.75 Å². The van der Waals surface area contributed by atoms with Crippen LogP contribution >= 0.6 is 0 Å². The van der Waals surface area contributed by atoms with Crippen molar-refractivity contribution in [3.8, 4) is 17.0 Å². The first-order valence-corrected chi connectivity index (χ1v) is 9.97. The van der Waals surface area contributed by atoms with Crippen molar-refractivity contribution in [1.29, 1.82) is 0 Å². The first-order valence-electron chi connectivity index (χ1n) is 9.97. The number of nitrogens with zero attached hydrogens (tertiary/aromatic N) is 3. The Kier molecular flexibility index (Phi) is 4.59. The van der Waals surface area contributed by atoms with Gasteiger partial charge in [0.2, 0.25) is 0 Å². The second-order valence-corrected chi connectivity index (χ2v) is 7.54. The van der Waals surface area contributed by atoms with Crippen molar-refractivity contribution in [3.63, 3.8) is 0 Å². The molecular formula is C23H21FN4O2. The van der Waals surface area contributed by atoms with Crippen LogP contribution in [0.4, 0.5) is 10.2 Å². The van der Waals surface area contributed by atoms with Gasteiger partial charge < -0.3 is 15.5 Å². The van der Waals surface area contributed by atoms with Crippen molar-refractivity contribution in [3.05, 3.63) is 77.2 Å². The standard InChI is InChI=1S/C23H21FN4O2/c24-16-6-1-4-14(10-16)20-12-22-26-19-9-3-8-18(19)23(28(22)27-20)25-13-21(30)15-5-2-7-17(29)11-15/h1-2,4-7,10-12,21,25,29-30H,3,8-9,13H2/t21-/m1/s1. The van der Waals surface area contributed by atoms with Crippen molar-refractivity contribution >= 4 is 11.5 Å². The summed E-state index contributed by atoms with van der Waals surface area (Å²) in [5, 5.41) is 28.3. The van der Waals surface area contributed by atoms with Crippen molar-refractivity contribution < 1.29 is 14.6 Å². The Hall–Kier alpha value is -3.45. The summed E-state index contributed by atoms with van der Waals surface area (Å²) in [6.45, 7) is 0.254. The molecule has 0 amide bonds. The van der Waals surface area contributed by atoms with Crippen LogP contribution in [-0.4, -0.2) is 31.4 Å². The number of fused-ring (bicyclic) bond motifs is 2. The van der Waals surface area contributed by atoms with Crippen LogP contribution in [0.2, 0.25) is 0 Å². The molecule has 0 aliphatic heterocycles. The van der Waals surface area contributed by atoms with Crippen LogP contribution in [0.25, 0.3) is 16.9 Å². The number of rotatable bonds is 5. The van der Waals surface area contributed by atoms with Crippen molar-refractivity contribution in [1.82, 2.24) is 14.6 Å². The van der Waals surface area contributed by atoms with Gasteiger partial charge in [-0.1, -0.05) is 24.3 Å². The number of anilines is 1. The summed E-state index contributed by atoms with van der Waals surface area (Å²) >= 11 is 0.